The van der Waals surface area contributed by atoms with Crippen molar-refractivity contribution in [2.24, 2.45) is 5.84 Å². The number of aliphatic hydroxyl groups excluding tert-OH is 1. The molecule has 0 spiro atoms. The number of anilines is 2. The summed E-state index contributed by atoms with van der Waals surface area (Å²) >= 11 is 0. The fraction of sp³-hybridized carbons (Fsp3) is 0.500. The zero-order chi connectivity index (χ0) is 12.8. The Morgan fingerprint density at radius 1 is 1.71 bits per heavy atom. The maximum absolute atomic E-state index is 10.7. The first-order chi connectivity index (χ1) is 8.08. The summed E-state index contributed by atoms with van der Waals surface area (Å²) < 4.78 is 0. The van der Waals surface area contributed by atoms with Gasteiger partial charge < -0.3 is 10.4 Å². The lowest BCUT2D eigenvalue weighted by molar-refractivity contribution is -0.384. The Balaban J connectivity index is 2.89. The molecule has 5 N–H and O–H groups in total. The van der Waals surface area contributed by atoms with Crippen molar-refractivity contribution in [2.75, 3.05) is 17.3 Å². The van der Waals surface area contributed by atoms with Crippen LogP contribution in [0.15, 0.2) is 6.20 Å². The summed E-state index contributed by atoms with van der Waals surface area (Å²) in [6.45, 7) is 1.96. The summed E-state index contributed by atoms with van der Waals surface area (Å²) in [5, 5.41) is 22.7. The third-order valence-corrected chi connectivity index (χ3v) is 2.07. The highest BCUT2D eigenvalue weighted by Crippen LogP contribution is 2.21. The van der Waals surface area contributed by atoms with E-state index in [0.717, 1.165) is 6.20 Å². The van der Waals surface area contributed by atoms with E-state index in [2.05, 4.69) is 20.7 Å². The summed E-state index contributed by atoms with van der Waals surface area (Å²) in [6, 6.07) is 0. The molecular formula is C8H14N6O3. The number of nitrogens with two attached hydrogens (primary N) is 1. The highest BCUT2D eigenvalue weighted by atomic mass is 16.6. The topological polar surface area (TPSA) is 139 Å². The fourth-order valence-electron chi connectivity index (χ4n) is 1.07. The predicted octanol–water partition coefficient (Wildman–Crippen LogP) is -0.147. The van der Waals surface area contributed by atoms with Crippen molar-refractivity contribution in [2.45, 2.75) is 19.4 Å². The molecule has 0 aliphatic rings. The van der Waals surface area contributed by atoms with Gasteiger partial charge in [0.2, 0.25) is 11.8 Å². The number of aromatic nitrogens is 2. The third-order valence-electron chi connectivity index (χ3n) is 2.07. The third kappa shape index (κ3) is 3.50. The number of hydrazine groups is 1. The largest absolute Gasteiger partial charge is 0.391 e. The maximum atomic E-state index is 10.7. The molecule has 0 fully saturated rings. The molecule has 1 unspecified atom stereocenters. The minimum atomic E-state index is -0.610. The highest BCUT2D eigenvalue weighted by molar-refractivity contribution is 5.56. The van der Waals surface area contributed by atoms with Gasteiger partial charge in [0.1, 0.15) is 6.20 Å². The van der Waals surface area contributed by atoms with Crippen molar-refractivity contribution in [1.82, 2.24) is 9.97 Å². The molecule has 1 rings (SSSR count). The monoisotopic (exact) mass is 242 g/mol. The molecule has 1 heterocycles. The second kappa shape index (κ2) is 5.92. The fourth-order valence-corrected chi connectivity index (χ4v) is 1.07. The van der Waals surface area contributed by atoms with Gasteiger partial charge in [-0.05, 0) is 6.42 Å². The molecule has 0 saturated carbocycles. The molecule has 0 aromatic carbocycles. The van der Waals surface area contributed by atoms with Gasteiger partial charge in [-0.3, -0.25) is 15.5 Å². The Morgan fingerprint density at radius 2 is 2.41 bits per heavy atom. The molecule has 0 aliphatic carbocycles. The van der Waals surface area contributed by atoms with Gasteiger partial charge in [0.25, 0.3) is 0 Å². The SMILES string of the molecule is CCC(O)CNc1nc(NN)ncc1[N+](=O)[O-]. The molecule has 0 amide bonds. The number of hydrogen-bond acceptors (Lipinski definition) is 8. The van der Waals surface area contributed by atoms with E-state index in [1.54, 1.807) is 6.92 Å². The van der Waals surface area contributed by atoms with E-state index in [1.165, 1.54) is 0 Å². The Bertz CT molecular complexity index is 399. The second-order valence-electron chi connectivity index (χ2n) is 3.27. The molecule has 1 aromatic heterocycles. The lowest BCUT2D eigenvalue weighted by atomic mass is 10.3. The average molecular weight is 242 g/mol. The number of nitrogens with one attached hydrogen (secondary N) is 2. The molecular weight excluding hydrogens is 228 g/mol. The summed E-state index contributed by atoms with van der Waals surface area (Å²) in [6.07, 6.45) is 0.982. The predicted molar refractivity (Wildman–Crippen MR) is 61.3 cm³/mol. The maximum Gasteiger partial charge on any atom is 0.329 e. The van der Waals surface area contributed by atoms with Crippen molar-refractivity contribution >= 4 is 17.5 Å². The van der Waals surface area contributed by atoms with Crippen LogP contribution < -0.4 is 16.6 Å². The molecule has 1 aromatic rings. The first kappa shape index (κ1) is 13.1. The molecule has 0 saturated heterocycles. The van der Waals surface area contributed by atoms with Crippen LogP contribution in [0.1, 0.15) is 13.3 Å². The molecule has 0 aliphatic heterocycles. The number of nitrogens with zero attached hydrogens (tertiary/aromatic N) is 3. The standard InChI is InChI=1S/C8H14N6O3/c1-2-5(15)3-10-7-6(14(16)17)4-11-8(12-7)13-9/h4-5,15H,2-3,9H2,1H3,(H2,10,11,12,13). The van der Waals surface area contributed by atoms with Crippen LogP contribution in [0.4, 0.5) is 17.5 Å². The number of rotatable bonds is 6. The van der Waals surface area contributed by atoms with Gasteiger partial charge in [-0.25, -0.2) is 10.8 Å². The Hall–Kier alpha value is -2.00. The molecule has 17 heavy (non-hydrogen) atoms. The quantitative estimate of drug-likeness (QED) is 0.307. The van der Waals surface area contributed by atoms with Crippen LogP contribution >= 0.6 is 0 Å². The van der Waals surface area contributed by atoms with Crippen molar-refractivity contribution in [3.8, 4) is 0 Å². The second-order valence-corrected chi connectivity index (χ2v) is 3.27. The Labute approximate surface area is 97.2 Å². The summed E-state index contributed by atoms with van der Waals surface area (Å²) in [5.74, 6) is 5.18. The lowest BCUT2D eigenvalue weighted by Gasteiger charge is -2.10. The molecule has 0 bridgehead atoms. The Morgan fingerprint density at radius 3 is 2.94 bits per heavy atom. The molecule has 9 nitrogen and oxygen atoms in total. The van der Waals surface area contributed by atoms with Crippen molar-refractivity contribution in [3.05, 3.63) is 16.3 Å². The minimum Gasteiger partial charge on any atom is -0.391 e. The van der Waals surface area contributed by atoms with E-state index >= 15 is 0 Å². The summed E-state index contributed by atoms with van der Waals surface area (Å²) in [4.78, 5) is 17.5. The van der Waals surface area contributed by atoms with Gasteiger partial charge in [-0.2, -0.15) is 4.98 Å². The van der Waals surface area contributed by atoms with Gasteiger partial charge in [-0.1, -0.05) is 6.92 Å². The van der Waals surface area contributed by atoms with Gasteiger partial charge in [-0.15, -0.1) is 0 Å². The van der Waals surface area contributed by atoms with E-state index in [1.807, 2.05) is 0 Å². The number of nitro groups is 1. The van der Waals surface area contributed by atoms with Crippen LogP contribution in [-0.2, 0) is 0 Å². The van der Waals surface area contributed by atoms with Gasteiger partial charge in [0.15, 0.2) is 0 Å². The van der Waals surface area contributed by atoms with E-state index in [4.69, 9.17) is 5.84 Å². The lowest BCUT2D eigenvalue weighted by Crippen LogP contribution is -2.20. The van der Waals surface area contributed by atoms with E-state index < -0.39 is 11.0 Å². The van der Waals surface area contributed by atoms with Crippen LogP contribution in [-0.4, -0.2) is 32.6 Å². The van der Waals surface area contributed by atoms with Crippen LogP contribution in [0.25, 0.3) is 0 Å². The van der Waals surface area contributed by atoms with Crippen LogP contribution in [0.3, 0.4) is 0 Å². The van der Waals surface area contributed by atoms with Gasteiger partial charge >= 0.3 is 5.69 Å². The Kier molecular flexibility index (Phi) is 4.55. The first-order valence-electron chi connectivity index (χ1n) is 4.98. The van der Waals surface area contributed by atoms with Crippen molar-refractivity contribution in [1.29, 1.82) is 0 Å². The normalized spacial score (nSPS) is 11.9. The minimum absolute atomic E-state index is 0.0189. The van der Waals surface area contributed by atoms with Crippen LogP contribution in [0.2, 0.25) is 0 Å². The number of hydrogen-bond donors (Lipinski definition) is 4. The molecule has 9 heteroatoms. The zero-order valence-electron chi connectivity index (χ0n) is 9.25. The number of nitrogen functional groups attached to an aromatic ring is 1. The average Bonchev–Trinajstić information content (AvgIpc) is 2.35. The molecule has 1 atom stereocenters. The summed E-state index contributed by atoms with van der Waals surface area (Å²) in [5.41, 5.74) is 1.92. The summed E-state index contributed by atoms with van der Waals surface area (Å²) in [7, 11) is 0. The van der Waals surface area contributed by atoms with Crippen LogP contribution in [0.5, 0.6) is 0 Å². The van der Waals surface area contributed by atoms with Gasteiger partial charge in [0, 0.05) is 6.54 Å². The first-order valence-corrected chi connectivity index (χ1v) is 4.98. The smallest absolute Gasteiger partial charge is 0.329 e. The highest BCUT2D eigenvalue weighted by Gasteiger charge is 2.17. The van der Waals surface area contributed by atoms with E-state index in [9.17, 15) is 15.2 Å². The van der Waals surface area contributed by atoms with E-state index in [-0.39, 0.29) is 24.0 Å². The van der Waals surface area contributed by atoms with Crippen molar-refractivity contribution < 1.29 is 10.0 Å². The number of aliphatic hydroxyl groups is 1. The van der Waals surface area contributed by atoms with Crippen LogP contribution in [0, 0.1) is 10.1 Å². The zero-order valence-corrected chi connectivity index (χ0v) is 9.25. The van der Waals surface area contributed by atoms with Crippen molar-refractivity contribution in [3.63, 3.8) is 0 Å². The van der Waals surface area contributed by atoms with Gasteiger partial charge in [0.05, 0.1) is 11.0 Å². The van der Waals surface area contributed by atoms with E-state index in [0.29, 0.717) is 6.42 Å². The molecule has 0 radical (unpaired) electrons. The molecule has 94 valence electrons.